The molecule has 1 aliphatic carbocycles. The highest BCUT2D eigenvalue weighted by atomic mass is 32.2. The number of hydrogen-bond acceptors (Lipinski definition) is 5. The number of aryl methyl sites for hydroxylation is 2. The number of thioether (sulfide) groups is 1. The number of nitrogens with one attached hydrogen (secondary N) is 1. The third-order valence-electron chi connectivity index (χ3n) is 4.87. The first-order chi connectivity index (χ1) is 12.6. The Morgan fingerprint density at radius 2 is 2.12 bits per heavy atom. The van der Waals surface area contributed by atoms with Gasteiger partial charge in [0.1, 0.15) is 11.6 Å². The van der Waals surface area contributed by atoms with Crippen LogP contribution in [0.15, 0.2) is 23.4 Å². The second-order valence-corrected chi connectivity index (χ2v) is 7.56. The summed E-state index contributed by atoms with van der Waals surface area (Å²) in [4.78, 5) is 12.2. The van der Waals surface area contributed by atoms with Crippen molar-refractivity contribution in [1.82, 2.24) is 20.1 Å². The standard InChI is InChI=1S/C19H26N4O2S/c1-13-9-10-15(16(24)12-13)18(25)20-11-5-8-17-21-22-19(26-2)23(17)14-6-3-4-7-14/h9-10,12,14,24H,3-8,11H2,1-2H3,(H,20,25). The average Bonchev–Trinajstić information content (AvgIpc) is 3.27. The van der Waals surface area contributed by atoms with E-state index in [4.69, 9.17) is 0 Å². The highest BCUT2D eigenvalue weighted by Gasteiger charge is 2.23. The minimum absolute atomic E-state index is 0.0214. The van der Waals surface area contributed by atoms with Crippen LogP contribution in [-0.4, -0.2) is 38.6 Å². The van der Waals surface area contributed by atoms with Crippen LogP contribution in [0, 0.1) is 6.92 Å². The summed E-state index contributed by atoms with van der Waals surface area (Å²) in [6.45, 7) is 2.42. The van der Waals surface area contributed by atoms with Gasteiger partial charge >= 0.3 is 0 Å². The fraction of sp³-hybridized carbons (Fsp3) is 0.526. The van der Waals surface area contributed by atoms with Crippen molar-refractivity contribution in [2.45, 2.75) is 56.6 Å². The number of carbonyl (C=O) groups excluding carboxylic acids is 1. The number of amides is 1. The molecular weight excluding hydrogens is 348 g/mol. The third kappa shape index (κ3) is 4.20. The molecule has 26 heavy (non-hydrogen) atoms. The van der Waals surface area contributed by atoms with Gasteiger partial charge in [-0.05, 0) is 50.1 Å². The van der Waals surface area contributed by atoms with E-state index in [-0.39, 0.29) is 11.7 Å². The van der Waals surface area contributed by atoms with Crippen LogP contribution in [0.1, 0.15) is 59.9 Å². The smallest absolute Gasteiger partial charge is 0.255 e. The highest BCUT2D eigenvalue weighted by Crippen LogP contribution is 2.33. The van der Waals surface area contributed by atoms with E-state index in [1.807, 2.05) is 19.2 Å². The van der Waals surface area contributed by atoms with E-state index in [0.717, 1.165) is 29.4 Å². The monoisotopic (exact) mass is 374 g/mol. The Kier molecular flexibility index (Phi) is 6.19. The number of hydrogen-bond donors (Lipinski definition) is 2. The Balaban J connectivity index is 1.55. The molecule has 140 valence electrons. The zero-order valence-electron chi connectivity index (χ0n) is 15.4. The number of phenolic OH excluding ortho intramolecular Hbond substituents is 1. The van der Waals surface area contributed by atoms with Gasteiger partial charge in [0.2, 0.25) is 0 Å². The summed E-state index contributed by atoms with van der Waals surface area (Å²) in [5, 5.41) is 22.4. The Bertz CT molecular complexity index is 769. The largest absolute Gasteiger partial charge is 0.507 e. The van der Waals surface area contributed by atoms with E-state index in [1.165, 1.54) is 25.7 Å². The second-order valence-electron chi connectivity index (χ2n) is 6.79. The molecule has 2 aromatic rings. The molecule has 6 nitrogen and oxygen atoms in total. The summed E-state index contributed by atoms with van der Waals surface area (Å²) < 4.78 is 2.30. The molecule has 2 N–H and O–H groups in total. The summed E-state index contributed by atoms with van der Waals surface area (Å²) in [6.07, 6.45) is 8.54. The quantitative estimate of drug-likeness (QED) is 0.573. The van der Waals surface area contributed by atoms with Gasteiger partial charge in [-0.25, -0.2) is 0 Å². The van der Waals surface area contributed by atoms with E-state index in [0.29, 0.717) is 18.2 Å². The Morgan fingerprint density at radius 1 is 1.35 bits per heavy atom. The normalized spacial score (nSPS) is 14.7. The first-order valence-electron chi connectivity index (χ1n) is 9.15. The topological polar surface area (TPSA) is 80.0 Å². The molecule has 1 heterocycles. The van der Waals surface area contributed by atoms with Crippen molar-refractivity contribution in [3.05, 3.63) is 35.2 Å². The predicted molar refractivity (Wildman–Crippen MR) is 103 cm³/mol. The SMILES string of the molecule is CSc1nnc(CCCNC(=O)c2ccc(C)cc2O)n1C1CCCC1. The van der Waals surface area contributed by atoms with Crippen LogP contribution in [0.2, 0.25) is 0 Å². The molecule has 3 rings (SSSR count). The lowest BCUT2D eigenvalue weighted by Gasteiger charge is -2.16. The van der Waals surface area contributed by atoms with E-state index < -0.39 is 0 Å². The number of rotatable bonds is 7. The number of carbonyl (C=O) groups is 1. The van der Waals surface area contributed by atoms with Crippen LogP contribution in [0.4, 0.5) is 0 Å². The molecule has 7 heteroatoms. The van der Waals surface area contributed by atoms with Gasteiger partial charge in [0.05, 0.1) is 5.56 Å². The van der Waals surface area contributed by atoms with Gasteiger partial charge in [-0.2, -0.15) is 0 Å². The van der Waals surface area contributed by atoms with Gasteiger partial charge in [0, 0.05) is 19.0 Å². The molecule has 1 aromatic heterocycles. The van der Waals surface area contributed by atoms with Gasteiger partial charge in [-0.15, -0.1) is 10.2 Å². The lowest BCUT2D eigenvalue weighted by molar-refractivity contribution is 0.0950. The minimum atomic E-state index is -0.246. The Morgan fingerprint density at radius 3 is 2.81 bits per heavy atom. The van der Waals surface area contributed by atoms with Crippen molar-refractivity contribution >= 4 is 17.7 Å². The molecule has 0 radical (unpaired) electrons. The fourth-order valence-corrected chi connectivity index (χ4v) is 4.10. The molecule has 1 fully saturated rings. The maximum atomic E-state index is 12.2. The lowest BCUT2D eigenvalue weighted by Crippen LogP contribution is -2.25. The van der Waals surface area contributed by atoms with Crippen LogP contribution in [0.25, 0.3) is 0 Å². The van der Waals surface area contributed by atoms with E-state index in [2.05, 4.69) is 20.1 Å². The van der Waals surface area contributed by atoms with E-state index >= 15 is 0 Å². The maximum absolute atomic E-state index is 12.2. The summed E-state index contributed by atoms with van der Waals surface area (Å²) in [6, 6.07) is 5.59. The molecule has 1 saturated carbocycles. The zero-order valence-corrected chi connectivity index (χ0v) is 16.2. The molecular formula is C19H26N4O2S. The molecule has 0 spiro atoms. The van der Waals surface area contributed by atoms with Crippen LogP contribution < -0.4 is 5.32 Å². The van der Waals surface area contributed by atoms with Crippen molar-refractivity contribution < 1.29 is 9.90 Å². The first kappa shape index (κ1) is 18.8. The number of benzene rings is 1. The maximum Gasteiger partial charge on any atom is 0.255 e. The third-order valence-corrected chi connectivity index (χ3v) is 5.51. The molecule has 0 atom stereocenters. The van der Waals surface area contributed by atoms with E-state index in [1.54, 1.807) is 23.9 Å². The predicted octanol–water partition coefficient (Wildman–Crippen LogP) is 3.49. The molecule has 1 aliphatic rings. The van der Waals surface area contributed by atoms with Crippen molar-refractivity contribution in [3.8, 4) is 5.75 Å². The van der Waals surface area contributed by atoms with Gasteiger partial charge in [0.15, 0.2) is 5.16 Å². The molecule has 0 bridgehead atoms. The summed E-state index contributed by atoms with van der Waals surface area (Å²) in [5.41, 5.74) is 1.24. The lowest BCUT2D eigenvalue weighted by atomic mass is 10.1. The van der Waals surface area contributed by atoms with Crippen molar-refractivity contribution in [2.75, 3.05) is 12.8 Å². The summed E-state index contributed by atoms with van der Waals surface area (Å²) in [5.74, 6) is 0.784. The average molecular weight is 375 g/mol. The molecule has 1 amide bonds. The second kappa shape index (κ2) is 8.58. The molecule has 0 aliphatic heterocycles. The van der Waals surface area contributed by atoms with Crippen LogP contribution >= 0.6 is 11.8 Å². The zero-order chi connectivity index (χ0) is 18.5. The van der Waals surface area contributed by atoms with Gasteiger partial charge in [0.25, 0.3) is 5.91 Å². The Hall–Kier alpha value is -2.02. The Labute approximate surface area is 158 Å². The van der Waals surface area contributed by atoms with Crippen molar-refractivity contribution in [2.24, 2.45) is 0 Å². The summed E-state index contributed by atoms with van der Waals surface area (Å²) >= 11 is 1.64. The number of aromatic nitrogens is 3. The number of aromatic hydroxyl groups is 1. The minimum Gasteiger partial charge on any atom is -0.507 e. The van der Waals surface area contributed by atoms with E-state index in [9.17, 15) is 9.90 Å². The van der Waals surface area contributed by atoms with Gasteiger partial charge in [-0.1, -0.05) is 30.7 Å². The molecule has 0 unspecified atom stereocenters. The molecule has 1 aromatic carbocycles. The number of nitrogens with zero attached hydrogens (tertiary/aromatic N) is 3. The van der Waals surface area contributed by atoms with Gasteiger partial charge < -0.3 is 15.0 Å². The van der Waals surface area contributed by atoms with Gasteiger partial charge in [-0.3, -0.25) is 4.79 Å². The summed E-state index contributed by atoms with van der Waals surface area (Å²) in [7, 11) is 0. The highest BCUT2D eigenvalue weighted by molar-refractivity contribution is 7.98. The van der Waals surface area contributed by atoms with Crippen molar-refractivity contribution in [1.29, 1.82) is 0 Å². The number of phenols is 1. The first-order valence-corrected chi connectivity index (χ1v) is 10.4. The van der Waals surface area contributed by atoms with Crippen molar-refractivity contribution in [3.63, 3.8) is 0 Å². The van der Waals surface area contributed by atoms with Crippen LogP contribution in [0.3, 0.4) is 0 Å². The van der Waals surface area contributed by atoms with Crippen LogP contribution in [-0.2, 0) is 6.42 Å². The van der Waals surface area contributed by atoms with Crippen LogP contribution in [0.5, 0.6) is 5.75 Å². The fourth-order valence-electron chi connectivity index (χ4n) is 3.52. The molecule has 0 saturated heterocycles.